The lowest BCUT2D eigenvalue weighted by Crippen LogP contribution is -2.43. The number of guanidine groups is 1. The lowest BCUT2D eigenvalue weighted by Gasteiger charge is -2.24. The van der Waals surface area contributed by atoms with Crippen molar-refractivity contribution in [2.24, 2.45) is 4.99 Å². The monoisotopic (exact) mass is 436 g/mol. The van der Waals surface area contributed by atoms with Gasteiger partial charge >= 0.3 is 0 Å². The largest absolute Gasteiger partial charge is 0.481 e. The van der Waals surface area contributed by atoms with Crippen LogP contribution in [0.3, 0.4) is 0 Å². The second kappa shape index (κ2) is 9.44. The van der Waals surface area contributed by atoms with Gasteiger partial charge in [-0.05, 0) is 37.1 Å². The van der Waals surface area contributed by atoms with E-state index in [1.54, 1.807) is 20.4 Å². The molecule has 2 N–H and O–H groups in total. The molecule has 0 radical (unpaired) electrons. The standard InChI is InChI=1S/C15H24N4OS.HI/c1-15(6-4-8-21-15)11-19-14(16-2)18-10-12-5-7-17-13(9-12)20-3;/h5,7,9H,4,6,8,10-11H2,1-3H3,(H2,16,18,19);1H. The predicted molar refractivity (Wildman–Crippen MR) is 105 cm³/mol. The number of halogens is 1. The SMILES string of the molecule is CN=C(NCc1ccnc(OC)c1)NCC1(C)CCCS1.I. The predicted octanol–water partition coefficient (Wildman–Crippen LogP) is 2.66. The molecule has 1 aromatic rings. The van der Waals surface area contributed by atoms with Gasteiger partial charge in [0.05, 0.1) is 7.11 Å². The molecule has 1 unspecified atom stereocenters. The van der Waals surface area contributed by atoms with Gasteiger partial charge in [0.1, 0.15) is 0 Å². The number of aromatic nitrogens is 1. The Kier molecular flexibility index (Phi) is 8.30. The van der Waals surface area contributed by atoms with E-state index >= 15 is 0 Å². The fourth-order valence-electron chi connectivity index (χ4n) is 2.33. The van der Waals surface area contributed by atoms with Crippen LogP contribution in [-0.4, -0.2) is 42.1 Å². The minimum atomic E-state index is 0. The molecule has 1 fully saturated rings. The van der Waals surface area contributed by atoms with Crippen molar-refractivity contribution in [1.29, 1.82) is 0 Å². The summed E-state index contributed by atoms with van der Waals surface area (Å²) in [6, 6.07) is 3.89. The molecular weight excluding hydrogens is 411 g/mol. The van der Waals surface area contributed by atoms with Gasteiger partial charge < -0.3 is 15.4 Å². The molecule has 1 aliphatic heterocycles. The van der Waals surface area contributed by atoms with Crippen LogP contribution in [0.2, 0.25) is 0 Å². The Morgan fingerprint density at radius 1 is 1.50 bits per heavy atom. The van der Waals surface area contributed by atoms with Crippen molar-refractivity contribution in [3.05, 3.63) is 23.9 Å². The molecule has 2 rings (SSSR count). The number of nitrogens with zero attached hydrogens (tertiary/aromatic N) is 2. The van der Waals surface area contributed by atoms with Crippen molar-refractivity contribution in [1.82, 2.24) is 15.6 Å². The van der Waals surface area contributed by atoms with Crippen LogP contribution >= 0.6 is 35.7 Å². The van der Waals surface area contributed by atoms with Crippen molar-refractivity contribution in [2.45, 2.75) is 31.1 Å². The third kappa shape index (κ3) is 5.83. The highest BCUT2D eigenvalue weighted by molar-refractivity contribution is 14.0. The Morgan fingerprint density at radius 2 is 2.32 bits per heavy atom. The summed E-state index contributed by atoms with van der Waals surface area (Å²) in [6.45, 7) is 3.96. The van der Waals surface area contributed by atoms with Crippen LogP contribution in [0.25, 0.3) is 0 Å². The summed E-state index contributed by atoms with van der Waals surface area (Å²) >= 11 is 2.05. The molecule has 7 heteroatoms. The smallest absolute Gasteiger partial charge is 0.213 e. The summed E-state index contributed by atoms with van der Waals surface area (Å²) in [7, 11) is 3.42. The molecule has 0 aromatic carbocycles. The zero-order chi connectivity index (χ0) is 15.1. The summed E-state index contributed by atoms with van der Waals surface area (Å²) in [6.07, 6.45) is 4.33. The van der Waals surface area contributed by atoms with E-state index in [1.807, 2.05) is 23.9 Å². The van der Waals surface area contributed by atoms with E-state index < -0.39 is 0 Å². The van der Waals surface area contributed by atoms with E-state index in [0.29, 0.717) is 17.2 Å². The highest BCUT2D eigenvalue weighted by Gasteiger charge is 2.29. The lowest BCUT2D eigenvalue weighted by atomic mass is 10.1. The van der Waals surface area contributed by atoms with Gasteiger partial charge in [-0.2, -0.15) is 11.8 Å². The van der Waals surface area contributed by atoms with Crippen molar-refractivity contribution < 1.29 is 4.74 Å². The third-order valence-corrected chi connectivity index (χ3v) is 5.16. The van der Waals surface area contributed by atoms with Gasteiger partial charge in [-0.1, -0.05) is 0 Å². The van der Waals surface area contributed by atoms with Gasteiger partial charge in [-0.3, -0.25) is 4.99 Å². The number of methoxy groups -OCH3 is 1. The fraction of sp³-hybridized carbons (Fsp3) is 0.600. The Labute approximate surface area is 154 Å². The molecule has 0 saturated carbocycles. The quantitative estimate of drug-likeness (QED) is 0.422. The third-order valence-electron chi connectivity index (χ3n) is 3.62. The minimum Gasteiger partial charge on any atom is -0.481 e. The zero-order valence-corrected chi connectivity index (χ0v) is 16.5. The first-order valence-electron chi connectivity index (χ1n) is 7.22. The van der Waals surface area contributed by atoms with E-state index in [1.165, 1.54) is 18.6 Å². The number of hydrogen-bond acceptors (Lipinski definition) is 4. The van der Waals surface area contributed by atoms with Crippen molar-refractivity contribution >= 4 is 41.7 Å². The van der Waals surface area contributed by atoms with Crippen molar-refractivity contribution in [3.8, 4) is 5.88 Å². The second-order valence-corrected chi connectivity index (χ2v) is 7.07. The van der Waals surface area contributed by atoms with E-state index in [9.17, 15) is 0 Å². The second-order valence-electron chi connectivity index (χ2n) is 5.39. The zero-order valence-electron chi connectivity index (χ0n) is 13.4. The Morgan fingerprint density at radius 3 is 2.95 bits per heavy atom. The number of thioether (sulfide) groups is 1. The first-order chi connectivity index (χ1) is 10.1. The number of aliphatic imine (C=N–C) groups is 1. The van der Waals surface area contributed by atoms with Crippen LogP contribution in [-0.2, 0) is 6.54 Å². The first kappa shape index (κ1) is 19.3. The van der Waals surface area contributed by atoms with Crippen molar-refractivity contribution in [3.63, 3.8) is 0 Å². The van der Waals surface area contributed by atoms with Gasteiger partial charge in [0.15, 0.2) is 5.96 Å². The summed E-state index contributed by atoms with van der Waals surface area (Å²) in [5, 5.41) is 6.75. The Balaban J connectivity index is 0.00000242. The average molecular weight is 436 g/mol. The highest BCUT2D eigenvalue weighted by atomic mass is 127. The molecule has 5 nitrogen and oxygen atoms in total. The van der Waals surface area contributed by atoms with Gasteiger partial charge in [0.25, 0.3) is 0 Å². The summed E-state index contributed by atoms with van der Waals surface area (Å²) < 4.78 is 5.46. The number of rotatable bonds is 5. The van der Waals surface area contributed by atoms with Gasteiger partial charge in [0, 0.05) is 37.1 Å². The first-order valence-corrected chi connectivity index (χ1v) is 8.21. The number of pyridine rings is 1. The summed E-state index contributed by atoms with van der Waals surface area (Å²) in [5.41, 5.74) is 1.12. The van der Waals surface area contributed by atoms with E-state index in [0.717, 1.165) is 18.1 Å². The molecule has 0 aliphatic carbocycles. The normalized spacial score (nSPS) is 21.1. The van der Waals surface area contributed by atoms with Gasteiger partial charge in [0.2, 0.25) is 5.88 Å². The molecule has 1 aromatic heterocycles. The van der Waals surface area contributed by atoms with E-state index in [-0.39, 0.29) is 24.0 Å². The molecular formula is C15H25IN4OS. The van der Waals surface area contributed by atoms with Crippen LogP contribution in [0, 0.1) is 0 Å². The summed E-state index contributed by atoms with van der Waals surface area (Å²) in [4.78, 5) is 8.38. The van der Waals surface area contributed by atoms with Crippen LogP contribution in [0.15, 0.2) is 23.3 Å². The molecule has 0 spiro atoms. The van der Waals surface area contributed by atoms with Crippen LogP contribution in [0.1, 0.15) is 25.3 Å². The summed E-state index contributed by atoms with van der Waals surface area (Å²) in [5.74, 6) is 2.73. The molecule has 1 aliphatic rings. The van der Waals surface area contributed by atoms with E-state index in [2.05, 4.69) is 27.5 Å². The molecule has 0 bridgehead atoms. The molecule has 0 amide bonds. The lowest BCUT2D eigenvalue weighted by molar-refractivity contribution is 0.397. The van der Waals surface area contributed by atoms with Crippen LogP contribution in [0.5, 0.6) is 5.88 Å². The highest BCUT2D eigenvalue weighted by Crippen LogP contribution is 2.36. The molecule has 22 heavy (non-hydrogen) atoms. The molecule has 1 atom stereocenters. The molecule has 124 valence electrons. The van der Waals surface area contributed by atoms with Crippen LogP contribution in [0.4, 0.5) is 0 Å². The fourth-order valence-corrected chi connectivity index (χ4v) is 3.57. The van der Waals surface area contributed by atoms with Gasteiger partial charge in [-0.15, -0.1) is 24.0 Å². The van der Waals surface area contributed by atoms with E-state index in [4.69, 9.17) is 4.74 Å². The maximum Gasteiger partial charge on any atom is 0.213 e. The number of ether oxygens (including phenoxy) is 1. The number of hydrogen-bond donors (Lipinski definition) is 2. The van der Waals surface area contributed by atoms with Gasteiger partial charge in [-0.25, -0.2) is 4.98 Å². The topological polar surface area (TPSA) is 58.5 Å². The van der Waals surface area contributed by atoms with Crippen LogP contribution < -0.4 is 15.4 Å². The average Bonchev–Trinajstić information content (AvgIpc) is 2.95. The molecule has 1 saturated heterocycles. The maximum atomic E-state index is 5.13. The number of nitrogens with one attached hydrogen (secondary N) is 2. The minimum absolute atomic E-state index is 0. The Hall–Kier alpha value is -0.700. The Bertz CT molecular complexity index is 492. The van der Waals surface area contributed by atoms with Crippen molar-refractivity contribution in [2.75, 3.05) is 26.5 Å². The molecule has 2 heterocycles. The maximum absolute atomic E-state index is 5.13.